The Labute approximate surface area is 76.5 Å². The van der Waals surface area contributed by atoms with Crippen LogP contribution in [0.2, 0.25) is 0 Å². The lowest BCUT2D eigenvalue weighted by Gasteiger charge is -2.38. The number of ether oxygens (including phenoxy) is 2. The van der Waals surface area contributed by atoms with Gasteiger partial charge in [-0.1, -0.05) is 0 Å². The molecular weight excluding hydrogens is 174 g/mol. The van der Waals surface area contributed by atoms with Crippen molar-refractivity contribution in [1.82, 2.24) is 5.06 Å². The van der Waals surface area contributed by atoms with Crippen LogP contribution in [0.15, 0.2) is 11.8 Å². The van der Waals surface area contributed by atoms with Gasteiger partial charge in [0, 0.05) is 7.11 Å². The van der Waals surface area contributed by atoms with E-state index in [0.717, 1.165) is 0 Å². The number of amides is 1. The van der Waals surface area contributed by atoms with Gasteiger partial charge < -0.3 is 9.47 Å². The van der Waals surface area contributed by atoms with Crippen LogP contribution in [0.4, 0.5) is 0 Å². The summed E-state index contributed by atoms with van der Waals surface area (Å²) in [6.07, 6.45) is 1.72. The first-order chi connectivity index (χ1) is 6.06. The van der Waals surface area contributed by atoms with Gasteiger partial charge in [-0.05, 0) is 13.0 Å². The minimum absolute atomic E-state index is 0.124. The molecule has 0 bridgehead atoms. The Morgan fingerprint density at radius 3 is 2.69 bits per heavy atom. The van der Waals surface area contributed by atoms with Gasteiger partial charge in [0.2, 0.25) is 5.72 Å². The van der Waals surface area contributed by atoms with Gasteiger partial charge in [-0.3, -0.25) is 10.0 Å². The Morgan fingerprint density at radius 1 is 1.62 bits per heavy atom. The first-order valence-corrected chi connectivity index (χ1v) is 3.88. The van der Waals surface area contributed by atoms with Gasteiger partial charge in [0.1, 0.15) is 5.76 Å². The highest BCUT2D eigenvalue weighted by atomic mass is 16.6. The number of hydrogen-bond donors (Lipinski definition) is 1. The van der Waals surface area contributed by atoms with Crippen LogP contribution in [-0.2, 0) is 14.3 Å². The molecule has 0 radical (unpaired) electrons. The Kier molecular flexibility index (Phi) is 2.58. The van der Waals surface area contributed by atoms with Gasteiger partial charge >= 0.3 is 0 Å². The third kappa shape index (κ3) is 1.40. The van der Waals surface area contributed by atoms with Crippen molar-refractivity contribution in [1.29, 1.82) is 0 Å². The predicted octanol–water partition coefficient (Wildman–Crippen LogP) is 0.501. The second-order valence-corrected chi connectivity index (χ2v) is 2.87. The van der Waals surface area contributed by atoms with Gasteiger partial charge in [0.15, 0.2) is 0 Å². The Balaban J connectivity index is 3.04. The molecule has 5 nitrogen and oxygen atoms in total. The van der Waals surface area contributed by atoms with Crippen molar-refractivity contribution in [2.75, 3.05) is 14.2 Å². The van der Waals surface area contributed by atoms with Gasteiger partial charge in [0.05, 0.1) is 13.5 Å². The number of carbonyl (C=O) groups is 1. The topological polar surface area (TPSA) is 59.0 Å². The van der Waals surface area contributed by atoms with Crippen molar-refractivity contribution in [3.63, 3.8) is 0 Å². The van der Waals surface area contributed by atoms with Gasteiger partial charge in [-0.2, -0.15) is 5.06 Å². The molecule has 5 heteroatoms. The number of hydroxylamine groups is 2. The van der Waals surface area contributed by atoms with E-state index in [-0.39, 0.29) is 6.42 Å². The summed E-state index contributed by atoms with van der Waals surface area (Å²) in [5, 5.41) is 9.98. The molecule has 1 unspecified atom stereocenters. The van der Waals surface area contributed by atoms with Crippen molar-refractivity contribution >= 4 is 5.91 Å². The molecule has 0 aromatic rings. The van der Waals surface area contributed by atoms with E-state index in [1.165, 1.54) is 14.2 Å². The molecule has 0 saturated carbocycles. The average Bonchev–Trinajstić information content (AvgIpc) is 2.15. The van der Waals surface area contributed by atoms with E-state index in [9.17, 15) is 10.0 Å². The number of methoxy groups -OCH3 is 2. The Morgan fingerprint density at radius 2 is 2.23 bits per heavy atom. The standard InChI is InChI=1S/C8H13NO4/c1-8(13-3)6(12-2)4-5-7(10)9(8)11/h4,11H,5H2,1-3H3. The molecule has 0 aliphatic carbocycles. The largest absolute Gasteiger partial charge is 0.496 e. The summed E-state index contributed by atoms with van der Waals surface area (Å²) in [6, 6.07) is 0. The fraction of sp³-hybridized carbons (Fsp3) is 0.625. The zero-order valence-corrected chi connectivity index (χ0v) is 7.90. The molecule has 0 fully saturated rings. The lowest BCUT2D eigenvalue weighted by molar-refractivity contribution is -0.253. The second-order valence-electron chi connectivity index (χ2n) is 2.87. The lowest BCUT2D eigenvalue weighted by atomic mass is 10.1. The van der Waals surface area contributed by atoms with Crippen LogP contribution in [0.3, 0.4) is 0 Å². The quantitative estimate of drug-likeness (QED) is 0.639. The van der Waals surface area contributed by atoms with Gasteiger partial charge in [0.25, 0.3) is 5.91 Å². The van der Waals surface area contributed by atoms with Crippen molar-refractivity contribution < 1.29 is 19.5 Å². The smallest absolute Gasteiger partial charge is 0.252 e. The van der Waals surface area contributed by atoms with Gasteiger partial charge in [-0.15, -0.1) is 0 Å². The van der Waals surface area contributed by atoms with Crippen LogP contribution < -0.4 is 0 Å². The average molecular weight is 187 g/mol. The van der Waals surface area contributed by atoms with E-state index < -0.39 is 11.6 Å². The Hall–Kier alpha value is -1.07. The fourth-order valence-corrected chi connectivity index (χ4v) is 1.26. The van der Waals surface area contributed by atoms with E-state index in [1.807, 2.05) is 0 Å². The van der Waals surface area contributed by atoms with Crippen molar-refractivity contribution in [3.05, 3.63) is 11.8 Å². The van der Waals surface area contributed by atoms with Crippen LogP contribution in [0.1, 0.15) is 13.3 Å². The highest BCUT2D eigenvalue weighted by molar-refractivity contribution is 5.79. The molecular formula is C8H13NO4. The summed E-state index contributed by atoms with van der Waals surface area (Å²) in [4.78, 5) is 11.1. The monoisotopic (exact) mass is 187 g/mol. The molecule has 1 rings (SSSR count). The maximum Gasteiger partial charge on any atom is 0.252 e. The third-order valence-electron chi connectivity index (χ3n) is 2.18. The minimum Gasteiger partial charge on any atom is -0.496 e. The summed E-state index contributed by atoms with van der Waals surface area (Å²) >= 11 is 0. The number of hydrogen-bond acceptors (Lipinski definition) is 4. The molecule has 0 saturated heterocycles. The normalized spacial score (nSPS) is 28.8. The highest BCUT2D eigenvalue weighted by Crippen LogP contribution is 2.29. The Bertz CT molecular complexity index is 251. The summed E-state index contributed by atoms with van der Waals surface area (Å²) in [7, 11) is 2.86. The predicted molar refractivity (Wildman–Crippen MR) is 43.8 cm³/mol. The van der Waals surface area contributed by atoms with E-state index in [1.54, 1.807) is 13.0 Å². The number of rotatable bonds is 2. The fourth-order valence-electron chi connectivity index (χ4n) is 1.26. The minimum atomic E-state index is -1.20. The van der Waals surface area contributed by atoms with Crippen LogP contribution in [0.25, 0.3) is 0 Å². The summed E-state index contributed by atoms with van der Waals surface area (Å²) < 4.78 is 10.0. The lowest BCUT2D eigenvalue weighted by Crippen LogP contribution is -2.53. The molecule has 1 N–H and O–H groups in total. The van der Waals surface area contributed by atoms with Crippen molar-refractivity contribution in [3.8, 4) is 0 Å². The molecule has 1 heterocycles. The van der Waals surface area contributed by atoms with E-state index in [0.29, 0.717) is 10.8 Å². The first-order valence-electron chi connectivity index (χ1n) is 3.88. The summed E-state index contributed by atoms with van der Waals surface area (Å²) in [5.41, 5.74) is -1.20. The van der Waals surface area contributed by atoms with E-state index >= 15 is 0 Å². The SMILES string of the molecule is COC1=CCC(=O)N(O)C1(C)OC. The van der Waals surface area contributed by atoms with Crippen LogP contribution >= 0.6 is 0 Å². The van der Waals surface area contributed by atoms with Crippen LogP contribution in [0.5, 0.6) is 0 Å². The molecule has 0 aromatic heterocycles. The molecule has 74 valence electrons. The maximum absolute atomic E-state index is 11.1. The summed E-state index contributed by atoms with van der Waals surface area (Å²) in [6.45, 7) is 1.55. The number of carbonyl (C=O) groups excluding carboxylic acids is 1. The van der Waals surface area contributed by atoms with Crippen LogP contribution in [-0.4, -0.2) is 36.1 Å². The second kappa shape index (κ2) is 3.35. The molecule has 0 aromatic carbocycles. The third-order valence-corrected chi connectivity index (χ3v) is 2.18. The van der Waals surface area contributed by atoms with Crippen LogP contribution in [0, 0.1) is 0 Å². The summed E-state index contributed by atoms with van der Waals surface area (Å²) in [5.74, 6) is 0.0160. The zero-order valence-electron chi connectivity index (χ0n) is 7.90. The molecule has 13 heavy (non-hydrogen) atoms. The molecule has 1 aliphatic rings. The zero-order chi connectivity index (χ0) is 10.1. The number of nitrogens with zero attached hydrogens (tertiary/aromatic N) is 1. The molecule has 1 amide bonds. The molecule has 0 spiro atoms. The van der Waals surface area contributed by atoms with Crippen molar-refractivity contribution in [2.45, 2.75) is 19.1 Å². The van der Waals surface area contributed by atoms with Gasteiger partial charge in [-0.25, -0.2) is 0 Å². The maximum atomic E-state index is 11.1. The first kappa shape index (κ1) is 10.0. The van der Waals surface area contributed by atoms with E-state index in [2.05, 4.69) is 0 Å². The highest BCUT2D eigenvalue weighted by Gasteiger charge is 2.42. The van der Waals surface area contributed by atoms with Crippen molar-refractivity contribution in [2.24, 2.45) is 0 Å². The molecule has 1 atom stereocenters. The molecule has 1 aliphatic heterocycles. The van der Waals surface area contributed by atoms with E-state index in [4.69, 9.17) is 9.47 Å².